The summed E-state index contributed by atoms with van der Waals surface area (Å²) in [5.74, 6) is 8.83. The van der Waals surface area contributed by atoms with Crippen LogP contribution in [0.1, 0.15) is 0 Å². The molecule has 1 amide bonds. The van der Waals surface area contributed by atoms with Gasteiger partial charge in [-0.3, -0.25) is 9.88 Å². The lowest BCUT2D eigenvalue weighted by molar-refractivity contribution is -0.108. The summed E-state index contributed by atoms with van der Waals surface area (Å²) in [6.45, 7) is 0. The van der Waals surface area contributed by atoms with Crippen molar-refractivity contribution in [2.45, 2.75) is 0 Å². The summed E-state index contributed by atoms with van der Waals surface area (Å²) in [5, 5.41) is 1.64. The van der Waals surface area contributed by atoms with E-state index in [4.69, 9.17) is 0 Å². The van der Waals surface area contributed by atoms with Crippen LogP contribution in [0.15, 0.2) is 0 Å². The number of hydrogen-bond donors (Lipinski definition) is 3. The number of rotatable bonds is 4. The van der Waals surface area contributed by atoms with E-state index in [-0.39, 0.29) is 6.41 Å². The van der Waals surface area contributed by atoms with Crippen LogP contribution >= 0.6 is 7.75 Å². The van der Waals surface area contributed by atoms with E-state index in [1.807, 2.05) is 0 Å². The molecule has 0 aromatic carbocycles. The van der Waals surface area contributed by atoms with Crippen LogP contribution in [0.25, 0.3) is 0 Å². The highest BCUT2D eigenvalue weighted by Gasteiger charge is 2.20. The summed E-state index contributed by atoms with van der Waals surface area (Å²) in [6.07, 6.45) is 0.0977. The maximum Gasteiger partial charge on any atom is 0.467 e. The summed E-state index contributed by atoms with van der Waals surface area (Å²) >= 11 is 0. The average molecular weight is 155 g/mol. The van der Waals surface area contributed by atoms with E-state index in [2.05, 4.69) is 21.0 Å². The van der Waals surface area contributed by atoms with Crippen molar-refractivity contribution in [1.29, 1.82) is 0 Å². The minimum Gasteiger partial charge on any atom is -0.278 e. The van der Waals surface area contributed by atoms with Gasteiger partial charge in [0.25, 0.3) is 0 Å². The lowest BCUT2D eigenvalue weighted by Crippen LogP contribution is -2.17. The molecule has 0 aliphatic rings. The lowest BCUT2D eigenvalue weighted by Gasteiger charge is -2.07. The predicted octanol–water partition coefficient (Wildman–Crippen LogP) is -1.38. The minimum atomic E-state index is -3.74. The zero-order valence-electron chi connectivity index (χ0n) is 4.31. The molecule has 0 radical (unpaired) electrons. The van der Waals surface area contributed by atoms with E-state index < -0.39 is 7.75 Å². The Morgan fingerprint density at radius 2 is 1.89 bits per heavy atom. The van der Waals surface area contributed by atoms with Gasteiger partial charge in [0.15, 0.2) is 0 Å². The van der Waals surface area contributed by atoms with Crippen molar-refractivity contribution in [3.63, 3.8) is 0 Å². The zero-order chi connectivity index (χ0) is 7.33. The summed E-state index contributed by atoms with van der Waals surface area (Å²) < 4.78 is 17.9. The fourth-order valence-electron chi connectivity index (χ4n) is 0.150. The van der Waals surface area contributed by atoms with Gasteiger partial charge in [-0.25, -0.2) is 25.6 Å². The third-order valence-electron chi connectivity index (χ3n) is 0.488. The molecule has 0 aromatic rings. The normalized spacial score (nSPS) is 10.9. The maximum atomic E-state index is 10.5. The summed E-state index contributed by atoms with van der Waals surface area (Å²) in [4.78, 5) is 9.58. The molecule has 8 heteroatoms. The highest BCUT2D eigenvalue weighted by molar-refractivity contribution is 7.52. The van der Waals surface area contributed by atoms with Crippen LogP contribution < -0.4 is 16.9 Å². The molecular formula is CH6N3O4P. The molecular weight excluding hydrogens is 149 g/mol. The van der Waals surface area contributed by atoms with Crippen molar-refractivity contribution in [3.8, 4) is 0 Å². The topological polar surface area (TPSA) is 117 Å². The Balaban J connectivity index is 3.93. The number of amides is 1. The second-order valence-corrected chi connectivity index (χ2v) is 2.63. The van der Waals surface area contributed by atoms with Crippen LogP contribution in [0.5, 0.6) is 0 Å². The minimum absolute atomic E-state index is 0.0977. The van der Waals surface area contributed by atoms with Crippen molar-refractivity contribution >= 4 is 14.2 Å². The molecule has 7 nitrogen and oxygen atoms in total. The van der Waals surface area contributed by atoms with Gasteiger partial charge in [0, 0.05) is 0 Å². The second-order valence-electron chi connectivity index (χ2n) is 0.955. The Kier molecular flexibility index (Phi) is 3.36. The first-order chi connectivity index (χ1) is 4.18. The molecule has 0 unspecified atom stereocenters. The van der Waals surface area contributed by atoms with Crippen molar-refractivity contribution in [2.75, 3.05) is 0 Å². The summed E-state index contributed by atoms with van der Waals surface area (Å²) in [6, 6.07) is 0. The Labute approximate surface area is 50.8 Å². The van der Waals surface area contributed by atoms with Gasteiger partial charge in [-0.1, -0.05) is 0 Å². The van der Waals surface area contributed by atoms with E-state index in [1.165, 1.54) is 0 Å². The Hall–Kier alpha value is -0.460. The Bertz CT molecular complexity index is 128. The van der Waals surface area contributed by atoms with Gasteiger partial charge >= 0.3 is 7.75 Å². The molecule has 0 spiro atoms. The molecule has 0 saturated heterocycles. The third kappa shape index (κ3) is 2.54. The summed E-state index contributed by atoms with van der Waals surface area (Å²) in [7, 11) is -3.74. The number of nitrogens with one attached hydrogen (secondary N) is 1. The Morgan fingerprint density at radius 1 is 1.44 bits per heavy atom. The molecule has 0 rings (SSSR count). The largest absolute Gasteiger partial charge is 0.467 e. The van der Waals surface area contributed by atoms with E-state index in [0.29, 0.717) is 0 Å². The number of nitrogens with two attached hydrogens (primary N) is 2. The maximum absolute atomic E-state index is 10.5. The summed E-state index contributed by atoms with van der Waals surface area (Å²) in [5.41, 5.74) is 0. The van der Waals surface area contributed by atoms with Gasteiger partial charge in [0.05, 0.1) is 0 Å². The van der Waals surface area contributed by atoms with Gasteiger partial charge in [-0.05, 0) is 0 Å². The van der Waals surface area contributed by atoms with Crippen molar-refractivity contribution in [3.05, 3.63) is 0 Å². The SMILES string of the molecule is NOP(=O)(NC=O)ON. The number of carbonyl (C=O) groups excluding carboxylic acids is 1. The standard InChI is InChI=1S/CH6N3O4P/c2-7-9(6,8-3)4-1-5/h1H,2-3H2,(H,4,5,6). The van der Waals surface area contributed by atoms with Gasteiger partial charge in [0.1, 0.15) is 0 Å². The van der Waals surface area contributed by atoms with Gasteiger partial charge < -0.3 is 0 Å². The monoisotopic (exact) mass is 155 g/mol. The molecule has 54 valence electrons. The smallest absolute Gasteiger partial charge is 0.278 e. The van der Waals surface area contributed by atoms with Crippen molar-refractivity contribution < 1.29 is 18.6 Å². The van der Waals surface area contributed by atoms with Crippen LogP contribution in [0.4, 0.5) is 0 Å². The van der Waals surface area contributed by atoms with E-state index in [9.17, 15) is 9.36 Å². The van der Waals surface area contributed by atoms with E-state index >= 15 is 0 Å². The van der Waals surface area contributed by atoms with Crippen LogP contribution in [0.2, 0.25) is 0 Å². The molecule has 0 heterocycles. The molecule has 0 aromatic heterocycles. The van der Waals surface area contributed by atoms with Crippen LogP contribution in [-0.2, 0) is 18.6 Å². The highest BCUT2D eigenvalue weighted by Crippen LogP contribution is 2.37. The van der Waals surface area contributed by atoms with Crippen LogP contribution in [-0.4, -0.2) is 6.41 Å². The molecule has 0 aliphatic heterocycles. The quantitative estimate of drug-likeness (QED) is 0.261. The molecule has 0 bridgehead atoms. The van der Waals surface area contributed by atoms with Crippen molar-refractivity contribution in [1.82, 2.24) is 5.09 Å². The first-order valence-corrected chi connectivity index (χ1v) is 3.31. The Morgan fingerprint density at radius 3 is 2.00 bits per heavy atom. The van der Waals surface area contributed by atoms with Gasteiger partial charge in [-0.15, -0.1) is 0 Å². The second kappa shape index (κ2) is 3.54. The molecule has 0 fully saturated rings. The number of hydrogen-bond acceptors (Lipinski definition) is 6. The first kappa shape index (κ1) is 8.54. The van der Waals surface area contributed by atoms with E-state index in [1.54, 1.807) is 5.09 Å². The van der Waals surface area contributed by atoms with E-state index in [0.717, 1.165) is 0 Å². The third-order valence-corrected chi connectivity index (χ3v) is 1.47. The first-order valence-electron chi connectivity index (χ1n) is 1.77. The van der Waals surface area contributed by atoms with Gasteiger partial charge in [-0.2, -0.15) is 0 Å². The number of carbonyl (C=O) groups is 1. The van der Waals surface area contributed by atoms with Gasteiger partial charge in [0.2, 0.25) is 6.41 Å². The molecule has 0 aliphatic carbocycles. The molecule has 9 heavy (non-hydrogen) atoms. The highest BCUT2D eigenvalue weighted by atomic mass is 31.2. The fraction of sp³-hybridized carbons (Fsp3) is 0. The molecule has 0 atom stereocenters. The zero-order valence-corrected chi connectivity index (χ0v) is 5.21. The fourth-order valence-corrected chi connectivity index (χ4v) is 0.451. The molecule has 0 saturated carbocycles. The van der Waals surface area contributed by atoms with Crippen LogP contribution in [0.3, 0.4) is 0 Å². The van der Waals surface area contributed by atoms with Crippen LogP contribution in [0, 0.1) is 0 Å². The average Bonchev–Trinajstić information content (AvgIpc) is 1.89. The lowest BCUT2D eigenvalue weighted by atomic mass is 11.5. The van der Waals surface area contributed by atoms with Crippen molar-refractivity contribution in [2.24, 2.45) is 11.8 Å². The molecule has 5 N–H and O–H groups in total. The predicted molar refractivity (Wildman–Crippen MR) is 27.4 cm³/mol.